The quantitative estimate of drug-likeness (QED) is 0.809. The normalized spacial score (nSPS) is 22.0. The average Bonchev–Trinajstić information content (AvgIpc) is 3.17. The number of hydrogen-bond donors (Lipinski definition) is 1. The van der Waals surface area contributed by atoms with Crippen LogP contribution >= 0.6 is 0 Å². The fraction of sp³-hybridized carbons (Fsp3) is 0.591. The Morgan fingerprint density at radius 3 is 2.66 bits per heavy atom. The molecule has 1 aliphatic heterocycles. The monoisotopic (exact) mass is 417 g/mol. The summed E-state index contributed by atoms with van der Waals surface area (Å²) in [4.78, 5) is 13.1. The van der Waals surface area contributed by atoms with Gasteiger partial charge in [-0.25, -0.2) is 8.42 Å². The number of nitrogens with one attached hydrogen (secondary N) is 1. The molecule has 0 spiro atoms. The summed E-state index contributed by atoms with van der Waals surface area (Å²) in [6.45, 7) is 3.66. The van der Waals surface area contributed by atoms with Crippen LogP contribution in [0, 0.1) is 5.92 Å². The van der Waals surface area contributed by atoms with E-state index in [-0.39, 0.29) is 24.4 Å². The third kappa shape index (κ3) is 4.21. The van der Waals surface area contributed by atoms with Crippen LogP contribution in [-0.2, 0) is 21.4 Å². The number of carbonyl (C=O) groups is 1. The Morgan fingerprint density at radius 2 is 1.90 bits per heavy atom. The van der Waals surface area contributed by atoms with Crippen LogP contribution in [0.5, 0.6) is 0 Å². The molecule has 2 fully saturated rings. The zero-order chi connectivity index (χ0) is 20.4. The van der Waals surface area contributed by atoms with Crippen molar-refractivity contribution in [1.82, 2.24) is 14.2 Å². The molecule has 7 heteroatoms. The van der Waals surface area contributed by atoms with Crippen LogP contribution in [0.25, 0.3) is 10.9 Å². The first-order chi connectivity index (χ1) is 14.0. The summed E-state index contributed by atoms with van der Waals surface area (Å²) < 4.78 is 30.1. The molecule has 29 heavy (non-hydrogen) atoms. The largest absolute Gasteiger partial charge is 0.353 e. The number of amides is 1. The highest BCUT2D eigenvalue weighted by Crippen LogP contribution is 2.27. The summed E-state index contributed by atoms with van der Waals surface area (Å²) in [5, 5.41) is 4.10. The second-order valence-corrected chi connectivity index (χ2v) is 10.3. The number of fused-ring (bicyclic) bond motifs is 1. The molecule has 0 radical (unpaired) electrons. The Balaban J connectivity index is 1.48. The van der Waals surface area contributed by atoms with E-state index in [1.165, 1.54) is 23.6 Å². The van der Waals surface area contributed by atoms with Crippen molar-refractivity contribution in [1.29, 1.82) is 0 Å². The van der Waals surface area contributed by atoms with E-state index in [0.717, 1.165) is 43.1 Å². The van der Waals surface area contributed by atoms with Gasteiger partial charge in [-0.15, -0.1) is 0 Å². The van der Waals surface area contributed by atoms with E-state index in [9.17, 15) is 13.2 Å². The first-order valence-corrected chi connectivity index (χ1v) is 12.3. The van der Waals surface area contributed by atoms with Gasteiger partial charge >= 0.3 is 0 Å². The van der Waals surface area contributed by atoms with Crippen molar-refractivity contribution in [2.75, 3.05) is 13.1 Å². The van der Waals surface area contributed by atoms with Crippen LogP contribution in [0.4, 0.5) is 0 Å². The highest BCUT2D eigenvalue weighted by Gasteiger charge is 2.34. The third-order valence-electron chi connectivity index (χ3n) is 6.43. The first kappa shape index (κ1) is 20.4. The molecule has 2 aromatic rings. The number of nitrogens with zero attached hydrogens (tertiary/aromatic N) is 2. The summed E-state index contributed by atoms with van der Waals surface area (Å²) >= 11 is 0. The summed E-state index contributed by atoms with van der Waals surface area (Å²) in [6, 6.07) is 7.53. The molecule has 1 aromatic heterocycles. The molecule has 1 aromatic carbocycles. The lowest BCUT2D eigenvalue weighted by Gasteiger charge is -2.32. The average molecular weight is 418 g/mol. The highest BCUT2D eigenvalue weighted by molar-refractivity contribution is 7.89. The fourth-order valence-electron chi connectivity index (χ4n) is 4.70. The summed E-state index contributed by atoms with van der Waals surface area (Å²) in [5.74, 6) is -0.238. The minimum absolute atomic E-state index is 0.0206. The maximum absolute atomic E-state index is 13.3. The van der Waals surface area contributed by atoms with Crippen molar-refractivity contribution in [2.24, 2.45) is 5.92 Å². The molecular weight excluding hydrogens is 386 g/mol. The molecule has 1 aliphatic carbocycles. The molecule has 6 nitrogen and oxygen atoms in total. The van der Waals surface area contributed by atoms with Crippen LogP contribution in [0.3, 0.4) is 0 Å². The number of sulfonamides is 1. The van der Waals surface area contributed by atoms with E-state index in [2.05, 4.69) is 16.8 Å². The van der Waals surface area contributed by atoms with Gasteiger partial charge in [0, 0.05) is 42.8 Å². The first-order valence-electron chi connectivity index (χ1n) is 10.9. The Morgan fingerprint density at radius 1 is 1.10 bits per heavy atom. The molecule has 1 N–H and O–H groups in total. The zero-order valence-electron chi connectivity index (χ0n) is 17.1. The Hall–Kier alpha value is -1.86. The smallest absolute Gasteiger partial charge is 0.243 e. The Bertz CT molecular complexity index is 976. The number of aryl methyl sites for hydroxylation is 1. The number of aromatic nitrogens is 1. The van der Waals surface area contributed by atoms with Crippen molar-refractivity contribution < 1.29 is 13.2 Å². The van der Waals surface area contributed by atoms with Gasteiger partial charge in [0.1, 0.15) is 0 Å². The molecule has 0 bridgehead atoms. The van der Waals surface area contributed by atoms with Gasteiger partial charge in [0.15, 0.2) is 0 Å². The van der Waals surface area contributed by atoms with Crippen molar-refractivity contribution in [3.8, 4) is 0 Å². The summed E-state index contributed by atoms with van der Waals surface area (Å²) in [7, 11) is -3.61. The van der Waals surface area contributed by atoms with Gasteiger partial charge in [-0.05, 0) is 56.9 Å². The van der Waals surface area contributed by atoms with Gasteiger partial charge in [-0.1, -0.05) is 19.3 Å². The maximum atomic E-state index is 13.3. The van der Waals surface area contributed by atoms with E-state index in [0.29, 0.717) is 11.4 Å². The lowest BCUT2D eigenvalue weighted by atomic mass is 9.93. The van der Waals surface area contributed by atoms with Crippen molar-refractivity contribution in [3.05, 3.63) is 30.5 Å². The number of benzene rings is 1. The molecule has 1 amide bonds. The van der Waals surface area contributed by atoms with Crippen LogP contribution in [-0.4, -0.2) is 42.3 Å². The standard InChI is InChI=1S/C22H31N3O3S/c1-2-24-14-12-17-15-20(10-11-21(17)24)29(27,28)25-13-6-7-18(16-25)22(26)23-19-8-4-3-5-9-19/h10-12,14-15,18-19H,2-9,13,16H2,1H3,(H,23,26)/t18-/m1/s1. The zero-order valence-corrected chi connectivity index (χ0v) is 18.0. The van der Waals surface area contributed by atoms with Crippen LogP contribution in [0.15, 0.2) is 35.4 Å². The van der Waals surface area contributed by atoms with Gasteiger partial charge in [0.2, 0.25) is 15.9 Å². The van der Waals surface area contributed by atoms with Crippen molar-refractivity contribution in [3.63, 3.8) is 0 Å². The van der Waals surface area contributed by atoms with Gasteiger partial charge in [-0.3, -0.25) is 4.79 Å². The number of rotatable bonds is 5. The lowest BCUT2D eigenvalue weighted by Crippen LogP contribution is -2.47. The van der Waals surface area contributed by atoms with Crippen molar-refractivity contribution in [2.45, 2.75) is 69.4 Å². The maximum Gasteiger partial charge on any atom is 0.243 e. The summed E-state index contributed by atoms with van der Waals surface area (Å²) in [5.41, 5.74) is 1.04. The molecule has 4 rings (SSSR count). The van der Waals surface area contributed by atoms with E-state index >= 15 is 0 Å². The van der Waals surface area contributed by atoms with Gasteiger partial charge in [0.05, 0.1) is 10.8 Å². The topological polar surface area (TPSA) is 71.4 Å². The van der Waals surface area contributed by atoms with E-state index in [4.69, 9.17) is 0 Å². The van der Waals surface area contributed by atoms with Gasteiger partial charge in [-0.2, -0.15) is 4.31 Å². The molecule has 2 aliphatic rings. The lowest BCUT2D eigenvalue weighted by molar-refractivity contribution is -0.127. The van der Waals surface area contributed by atoms with Crippen LogP contribution in [0.2, 0.25) is 0 Å². The number of hydrogen-bond acceptors (Lipinski definition) is 3. The molecule has 158 valence electrons. The van der Waals surface area contributed by atoms with Crippen LogP contribution in [0.1, 0.15) is 51.9 Å². The van der Waals surface area contributed by atoms with E-state index < -0.39 is 10.0 Å². The Labute approximate surface area is 173 Å². The predicted octanol–water partition coefficient (Wildman–Crippen LogP) is 3.51. The number of carbonyl (C=O) groups excluding carboxylic acids is 1. The minimum Gasteiger partial charge on any atom is -0.353 e. The fourth-order valence-corrected chi connectivity index (χ4v) is 6.26. The third-order valence-corrected chi connectivity index (χ3v) is 8.29. The van der Waals surface area contributed by atoms with Gasteiger partial charge < -0.3 is 9.88 Å². The molecule has 0 unspecified atom stereocenters. The van der Waals surface area contributed by atoms with Crippen molar-refractivity contribution >= 4 is 26.8 Å². The second-order valence-electron chi connectivity index (χ2n) is 8.37. The molecule has 1 saturated heterocycles. The second kappa shape index (κ2) is 8.48. The molecule has 1 saturated carbocycles. The SMILES string of the molecule is CCn1ccc2cc(S(=O)(=O)N3CCC[C@@H](C(=O)NC4CCCCC4)C3)ccc21. The van der Waals surface area contributed by atoms with Crippen LogP contribution < -0.4 is 5.32 Å². The molecule has 1 atom stereocenters. The highest BCUT2D eigenvalue weighted by atomic mass is 32.2. The summed E-state index contributed by atoms with van der Waals surface area (Å²) in [6.07, 6.45) is 9.10. The molecular formula is C22H31N3O3S. The number of piperidine rings is 1. The van der Waals surface area contributed by atoms with E-state index in [1.54, 1.807) is 12.1 Å². The Kier molecular flexibility index (Phi) is 5.97. The van der Waals surface area contributed by atoms with Gasteiger partial charge in [0.25, 0.3) is 0 Å². The predicted molar refractivity (Wildman–Crippen MR) is 114 cm³/mol. The molecule has 2 heterocycles. The minimum atomic E-state index is -3.61. The van der Waals surface area contributed by atoms with E-state index in [1.807, 2.05) is 18.3 Å².